The molecule has 0 saturated carbocycles. The van der Waals surface area contributed by atoms with E-state index in [1.165, 1.54) is 44.5 Å². The number of rotatable bonds is 7. The maximum atomic E-state index is 10.3. The van der Waals surface area contributed by atoms with Gasteiger partial charge in [-0.15, -0.1) is 5.46 Å². The Hall–Kier alpha value is -7.18. The van der Waals surface area contributed by atoms with Crippen LogP contribution in [-0.2, 0) is 0 Å². The van der Waals surface area contributed by atoms with Crippen LogP contribution in [0.3, 0.4) is 0 Å². The Morgan fingerprint density at radius 3 is 0.776 bits per heavy atom. The molecule has 0 atom stereocenters. The molecule has 9 rings (SSSR count). The molecule has 5 heteroatoms. The van der Waals surface area contributed by atoms with Crippen LogP contribution in [0, 0.1) is 6.92 Å². The van der Waals surface area contributed by atoms with Crippen molar-refractivity contribution in [1.82, 2.24) is 0 Å². The van der Waals surface area contributed by atoms with Gasteiger partial charge in [-0.25, -0.2) is 9.97 Å². The van der Waals surface area contributed by atoms with Crippen molar-refractivity contribution < 1.29 is 20.0 Å². The first kappa shape index (κ1) is 39.1. The van der Waals surface area contributed by atoms with Gasteiger partial charge in [0.2, 0.25) is 22.8 Å². The van der Waals surface area contributed by atoms with Crippen LogP contribution in [0.5, 0.6) is 0 Å². The van der Waals surface area contributed by atoms with E-state index < -0.39 is 7.12 Å². The number of aryl methyl sites for hydroxylation is 1. The molecule has 0 amide bonds. The molecule has 2 aromatic heterocycles. The first-order chi connectivity index (χ1) is 28.5. The summed E-state index contributed by atoms with van der Waals surface area (Å²) in [6.45, 7) is 1.91. The van der Waals surface area contributed by atoms with Crippen LogP contribution < -0.4 is 25.5 Å². The van der Waals surface area contributed by atoms with E-state index >= 15 is 0 Å². The summed E-state index contributed by atoms with van der Waals surface area (Å²) in [6, 6.07) is 78.4. The first-order valence-electron chi connectivity index (χ1n) is 19.4. The van der Waals surface area contributed by atoms with Crippen molar-refractivity contribution in [2.24, 2.45) is 0 Å². The van der Waals surface area contributed by atoms with Gasteiger partial charge in [-0.05, 0) is 77.7 Å². The first-order valence-corrected chi connectivity index (χ1v) is 19.4. The molecule has 280 valence electrons. The number of benzene rings is 7. The predicted octanol–water partition coefficient (Wildman–Crippen LogP) is 9.41. The average Bonchev–Trinajstić information content (AvgIpc) is 3.31. The Bertz CT molecular complexity index is 2170. The largest absolute Gasteiger partial charge is 0.889 e. The Kier molecular flexibility index (Phi) is 13.2. The molecule has 0 aliphatic heterocycles. The van der Waals surface area contributed by atoms with E-state index in [-0.39, 0.29) is 0 Å². The van der Waals surface area contributed by atoms with E-state index in [1.54, 1.807) is 24.3 Å². The molecule has 4 nitrogen and oxygen atoms in total. The number of hydrogen-bond donors (Lipinski definition) is 0. The molecule has 0 spiro atoms. The maximum Gasteiger partial charge on any atom is 0.211 e. The lowest BCUT2D eigenvalue weighted by atomic mass is 9.80. The van der Waals surface area contributed by atoms with Gasteiger partial charge in [0, 0.05) is 46.5 Å². The highest BCUT2D eigenvalue weighted by Gasteiger charge is 2.15. The van der Waals surface area contributed by atoms with Gasteiger partial charge in [-0.2, -0.15) is 0 Å². The number of hydrogen-bond acceptors (Lipinski definition) is 2. The van der Waals surface area contributed by atoms with Gasteiger partial charge in [0.15, 0.2) is 0 Å². The Labute approximate surface area is 341 Å². The summed E-state index contributed by atoms with van der Waals surface area (Å²) >= 11 is 0. The molecule has 0 saturated heterocycles. The standard InChI is InChI=1S/2C23H17N.C7H7BO2/c2*1-4-10-18(11-5-1)21-16-22(19-12-6-2-7-13-19)24-23(17-21)20-14-8-3-9-15-20;1-6-2-4-7(5-3-6)8(9)10/h2*1-17H;2-5H,1H3/q;;-2/p+2. The predicted molar refractivity (Wildman–Crippen MR) is 235 cm³/mol. The van der Waals surface area contributed by atoms with Gasteiger partial charge >= 0.3 is 0 Å². The molecular weight excluding hydrogens is 707 g/mol. The molecule has 58 heavy (non-hydrogen) atoms. The normalized spacial score (nSPS) is 10.3. The van der Waals surface area contributed by atoms with E-state index in [0.29, 0.717) is 5.46 Å². The van der Waals surface area contributed by atoms with Crippen molar-refractivity contribution in [2.75, 3.05) is 0 Å². The highest BCUT2D eigenvalue weighted by molar-refractivity contribution is 6.55. The van der Waals surface area contributed by atoms with Crippen molar-refractivity contribution in [2.45, 2.75) is 6.92 Å². The molecule has 0 unspecified atom stereocenters. The minimum atomic E-state index is -1.85. The number of pyridine rings is 2. The number of aromatic nitrogens is 2. The van der Waals surface area contributed by atoms with Crippen molar-refractivity contribution in [3.05, 3.63) is 236 Å². The van der Waals surface area contributed by atoms with E-state index in [0.717, 1.165) is 28.3 Å². The van der Waals surface area contributed by atoms with Crippen LogP contribution in [-0.4, -0.2) is 7.12 Å². The SMILES string of the molecule is Cc1ccc(B([O-])[O-])cc1.c1ccc(-c2cc(-c3ccccc3)[nH+]c(-c3ccccc3)c2)cc1.c1ccc(-c2cc(-c3ccccc3)[nH+]c(-c3ccccc3)c2)cc1. The summed E-state index contributed by atoms with van der Waals surface area (Å²) in [5.74, 6) is 0. The van der Waals surface area contributed by atoms with E-state index in [1.807, 2.05) is 31.2 Å². The fourth-order valence-electron chi connectivity index (χ4n) is 6.55. The number of nitrogens with one attached hydrogen (secondary N) is 2. The lowest BCUT2D eigenvalue weighted by Crippen LogP contribution is -2.55. The van der Waals surface area contributed by atoms with Gasteiger partial charge in [0.1, 0.15) is 0 Å². The van der Waals surface area contributed by atoms with Gasteiger partial charge < -0.3 is 10.0 Å². The Morgan fingerprint density at radius 1 is 0.293 bits per heavy atom. The quantitative estimate of drug-likeness (QED) is 0.152. The summed E-state index contributed by atoms with van der Waals surface area (Å²) in [4.78, 5) is 7.17. The van der Waals surface area contributed by atoms with Crippen LogP contribution in [0.15, 0.2) is 231 Å². The second-order valence-electron chi connectivity index (χ2n) is 13.8. The highest BCUT2D eigenvalue weighted by atomic mass is 16.4. The zero-order valence-corrected chi connectivity index (χ0v) is 32.3. The van der Waals surface area contributed by atoms with E-state index in [2.05, 4.69) is 192 Å². The monoisotopic (exact) mass is 750 g/mol. The molecular formula is C53H43BN2O2. The van der Waals surface area contributed by atoms with Gasteiger partial charge in [-0.1, -0.05) is 170 Å². The molecule has 2 N–H and O–H groups in total. The highest BCUT2D eigenvalue weighted by Crippen LogP contribution is 2.29. The van der Waals surface area contributed by atoms with E-state index in [9.17, 15) is 10.0 Å². The molecule has 0 radical (unpaired) electrons. The fraction of sp³-hybridized carbons (Fsp3) is 0.0189. The summed E-state index contributed by atoms with van der Waals surface area (Å²) in [6.07, 6.45) is 0. The Morgan fingerprint density at radius 2 is 0.534 bits per heavy atom. The second-order valence-corrected chi connectivity index (χ2v) is 13.8. The third kappa shape index (κ3) is 10.6. The maximum absolute atomic E-state index is 10.3. The lowest BCUT2D eigenvalue weighted by molar-refractivity contribution is -0.351. The van der Waals surface area contributed by atoms with Gasteiger partial charge in [-0.3, -0.25) is 0 Å². The third-order valence-electron chi connectivity index (χ3n) is 9.64. The fourth-order valence-corrected chi connectivity index (χ4v) is 6.55. The molecule has 0 bridgehead atoms. The van der Waals surface area contributed by atoms with Crippen LogP contribution >= 0.6 is 0 Å². The van der Waals surface area contributed by atoms with Gasteiger partial charge in [0.05, 0.1) is 0 Å². The zero-order valence-electron chi connectivity index (χ0n) is 32.3. The minimum Gasteiger partial charge on any atom is -0.889 e. The van der Waals surface area contributed by atoms with Crippen molar-refractivity contribution in [1.29, 1.82) is 0 Å². The van der Waals surface area contributed by atoms with Crippen molar-refractivity contribution >= 4 is 12.6 Å². The molecule has 0 aliphatic carbocycles. The zero-order chi connectivity index (χ0) is 39.9. The molecule has 0 aliphatic rings. The summed E-state index contributed by atoms with van der Waals surface area (Å²) < 4.78 is 0. The summed E-state index contributed by atoms with van der Waals surface area (Å²) in [5, 5.41) is 20.6. The topological polar surface area (TPSA) is 74.4 Å². The molecule has 2 heterocycles. The van der Waals surface area contributed by atoms with Crippen molar-refractivity contribution in [3.63, 3.8) is 0 Å². The second kappa shape index (κ2) is 19.6. The summed E-state index contributed by atoms with van der Waals surface area (Å²) in [7, 11) is -1.85. The van der Waals surface area contributed by atoms with E-state index in [4.69, 9.17) is 0 Å². The minimum absolute atomic E-state index is 0.311. The van der Waals surface area contributed by atoms with Gasteiger partial charge in [0.25, 0.3) is 0 Å². The van der Waals surface area contributed by atoms with Crippen LogP contribution in [0.2, 0.25) is 0 Å². The Balaban J connectivity index is 0.000000144. The molecule has 7 aromatic carbocycles. The molecule has 9 aromatic rings. The smallest absolute Gasteiger partial charge is 0.211 e. The van der Waals surface area contributed by atoms with Crippen LogP contribution in [0.25, 0.3) is 67.3 Å². The van der Waals surface area contributed by atoms with Crippen molar-refractivity contribution in [3.8, 4) is 67.3 Å². The van der Waals surface area contributed by atoms with Crippen LogP contribution in [0.4, 0.5) is 0 Å². The van der Waals surface area contributed by atoms with Crippen LogP contribution in [0.1, 0.15) is 5.56 Å². The third-order valence-corrected chi connectivity index (χ3v) is 9.64. The lowest BCUT2D eigenvalue weighted by Gasteiger charge is -2.26. The molecule has 0 fully saturated rings. The number of aromatic amines is 2. The number of H-pyrrole nitrogens is 2. The summed E-state index contributed by atoms with van der Waals surface area (Å²) in [5.41, 5.74) is 15.5. The average molecular weight is 751 g/mol.